The van der Waals surface area contributed by atoms with Crippen LogP contribution in [0.1, 0.15) is 33.0 Å². The van der Waals surface area contributed by atoms with Crippen LogP contribution in [0.4, 0.5) is 0 Å². The Morgan fingerprint density at radius 2 is 2.23 bits per heavy atom. The van der Waals surface area contributed by atoms with E-state index in [0.29, 0.717) is 6.04 Å². The highest BCUT2D eigenvalue weighted by Crippen LogP contribution is 2.05. The van der Waals surface area contributed by atoms with Crippen molar-refractivity contribution in [2.24, 2.45) is 5.92 Å². The number of rotatable bonds is 5. The van der Waals surface area contributed by atoms with Crippen molar-refractivity contribution in [3.63, 3.8) is 0 Å². The molecule has 0 saturated heterocycles. The van der Waals surface area contributed by atoms with Gasteiger partial charge in [0.2, 0.25) is 0 Å². The maximum Gasteiger partial charge on any atom is 0.150 e. The van der Waals surface area contributed by atoms with E-state index < -0.39 is 0 Å². The molecule has 1 rings (SSSR count). The van der Waals surface area contributed by atoms with Crippen molar-refractivity contribution in [2.75, 3.05) is 0 Å². The molecule has 0 saturated carbocycles. The van der Waals surface area contributed by atoms with E-state index in [2.05, 4.69) is 31.2 Å². The molecule has 0 aliphatic carbocycles. The Kier molecular flexibility index (Phi) is 3.96. The number of nitrogens with zero attached hydrogens (tertiary/aromatic N) is 1. The third-order valence-electron chi connectivity index (χ3n) is 1.94. The third-order valence-corrected chi connectivity index (χ3v) is 1.94. The quantitative estimate of drug-likeness (QED) is 0.758. The summed E-state index contributed by atoms with van der Waals surface area (Å²) in [6.07, 6.45) is 2.86. The Balaban J connectivity index is 2.19. The van der Waals surface area contributed by atoms with E-state index in [9.17, 15) is 0 Å². The van der Waals surface area contributed by atoms with Crippen LogP contribution in [0.5, 0.6) is 0 Å². The summed E-state index contributed by atoms with van der Waals surface area (Å²) in [4.78, 5) is 0. The van der Waals surface area contributed by atoms with E-state index in [-0.39, 0.29) is 0 Å². The molecule has 0 aliphatic rings. The van der Waals surface area contributed by atoms with Crippen molar-refractivity contribution in [1.82, 2.24) is 10.5 Å². The monoisotopic (exact) mass is 182 g/mol. The van der Waals surface area contributed by atoms with Crippen molar-refractivity contribution in [1.29, 1.82) is 0 Å². The first kappa shape index (κ1) is 10.3. The van der Waals surface area contributed by atoms with E-state index in [4.69, 9.17) is 4.52 Å². The summed E-state index contributed by atoms with van der Waals surface area (Å²) in [5, 5.41) is 7.03. The fraction of sp³-hybridized carbons (Fsp3) is 0.700. The SMILES string of the molecule is CC(C)CC(C)NCc1ccno1. The molecule has 0 radical (unpaired) electrons. The van der Waals surface area contributed by atoms with Gasteiger partial charge in [-0.3, -0.25) is 0 Å². The van der Waals surface area contributed by atoms with Gasteiger partial charge in [0.25, 0.3) is 0 Å². The predicted octanol–water partition coefficient (Wildman–Crippen LogP) is 2.20. The topological polar surface area (TPSA) is 38.1 Å². The highest BCUT2D eigenvalue weighted by Gasteiger charge is 2.05. The van der Waals surface area contributed by atoms with Crippen LogP contribution in [-0.2, 0) is 6.54 Å². The second-order valence-corrected chi connectivity index (χ2v) is 3.89. The molecule has 1 N–H and O–H groups in total. The molecule has 3 heteroatoms. The van der Waals surface area contributed by atoms with Gasteiger partial charge in [0.1, 0.15) is 5.76 Å². The number of nitrogens with one attached hydrogen (secondary N) is 1. The van der Waals surface area contributed by atoms with Gasteiger partial charge in [-0.1, -0.05) is 19.0 Å². The molecule has 13 heavy (non-hydrogen) atoms. The molecule has 0 spiro atoms. The van der Waals surface area contributed by atoms with Gasteiger partial charge >= 0.3 is 0 Å². The molecule has 0 aromatic carbocycles. The third kappa shape index (κ3) is 4.08. The summed E-state index contributed by atoms with van der Waals surface area (Å²) in [5.41, 5.74) is 0. The van der Waals surface area contributed by atoms with Gasteiger partial charge in [-0.25, -0.2) is 0 Å². The largest absolute Gasteiger partial charge is 0.360 e. The minimum absolute atomic E-state index is 0.532. The normalized spacial score (nSPS) is 13.5. The maximum atomic E-state index is 4.98. The molecule has 0 bridgehead atoms. The van der Waals surface area contributed by atoms with Crippen LogP contribution in [0, 0.1) is 5.92 Å². The molecule has 1 atom stereocenters. The second-order valence-electron chi connectivity index (χ2n) is 3.89. The van der Waals surface area contributed by atoms with Crippen molar-refractivity contribution in [3.8, 4) is 0 Å². The summed E-state index contributed by atoms with van der Waals surface area (Å²) >= 11 is 0. The molecule has 1 heterocycles. The lowest BCUT2D eigenvalue weighted by molar-refractivity contribution is 0.355. The second kappa shape index (κ2) is 5.02. The first-order chi connectivity index (χ1) is 6.18. The lowest BCUT2D eigenvalue weighted by Gasteiger charge is -2.14. The number of hydrogen-bond donors (Lipinski definition) is 1. The van der Waals surface area contributed by atoms with Gasteiger partial charge in [0.15, 0.2) is 0 Å². The van der Waals surface area contributed by atoms with Crippen LogP contribution < -0.4 is 5.32 Å². The molecule has 3 nitrogen and oxygen atoms in total. The van der Waals surface area contributed by atoms with Gasteiger partial charge in [-0.05, 0) is 19.3 Å². The Bertz CT molecular complexity index is 219. The van der Waals surface area contributed by atoms with Crippen LogP contribution in [0.2, 0.25) is 0 Å². The zero-order valence-electron chi connectivity index (χ0n) is 8.58. The van der Waals surface area contributed by atoms with E-state index in [1.807, 2.05) is 6.07 Å². The minimum atomic E-state index is 0.532. The van der Waals surface area contributed by atoms with Crippen LogP contribution in [-0.4, -0.2) is 11.2 Å². The minimum Gasteiger partial charge on any atom is -0.360 e. The van der Waals surface area contributed by atoms with Crippen LogP contribution in [0.25, 0.3) is 0 Å². The summed E-state index contributed by atoms with van der Waals surface area (Å²) in [6, 6.07) is 2.42. The summed E-state index contributed by atoms with van der Waals surface area (Å²) in [7, 11) is 0. The van der Waals surface area contributed by atoms with Crippen molar-refractivity contribution < 1.29 is 4.52 Å². The Morgan fingerprint density at radius 1 is 1.46 bits per heavy atom. The number of hydrogen-bond acceptors (Lipinski definition) is 3. The smallest absolute Gasteiger partial charge is 0.150 e. The maximum absolute atomic E-state index is 4.98. The van der Waals surface area contributed by atoms with E-state index in [1.54, 1.807) is 6.20 Å². The molecule has 0 aliphatic heterocycles. The fourth-order valence-corrected chi connectivity index (χ4v) is 1.40. The Morgan fingerprint density at radius 3 is 2.77 bits per heavy atom. The fourth-order valence-electron chi connectivity index (χ4n) is 1.40. The number of aromatic nitrogens is 1. The van der Waals surface area contributed by atoms with Crippen molar-refractivity contribution in [3.05, 3.63) is 18.0 Å². The summed E-state index contributed by atoms with van der Waals surface area (Å²) < 4.78 is 4.98. The molecule has 0 fully saturated rings. The molecule has 74 valence electrons. The zero-order chi connectivity index (χ0) is 9.68. The highest BCUT2D eigenvalue weighted by molar-refractivity contribution is 4.92. The lowest BCUT2D eigenvalue weighted by atomic mass is 10.1. The van der Waals surface area contributed by atoms with Gasteiger partial charge in [0, 0.05) is 12.1 Å². The summed E-state index contributed by atoms with van der Waals surface area (Å²) in [5.74, 6) is 1.63. The Hall–Kier alpha value is -0.830. The average molecular weight is 182 g/mol. The van der Waals surface area contributed by atoms with Crippen LogP contribution in [0.3, 0.4) is 0 Å². The van der Waals surface area contributed by atoms with E-state index >= 15 is 0 Å². The average Bonchev–Trinajstić information content (AvgIpc) is 2.51. The lowest BCUT2D eigenvalue weighted by Crippen LogP contribution is -2.26. The van der Waals surface area contributed by atoms with Gasteiger partial charge < -0.3 is 9.84 Å². The van der Waals surface area contributed by atoms with Crippen molar-refractivity contribution >= 4 is 0 Å². The highest BCUT2D eigenvalue weighted by atomic mass is 16.5. The zero-order valence-corrected chi connectivity index (χ0v) is 8.58. The summed E-state index contributed by atoms with van der Waals surface area (Å²) in [6.45, 7) is 7.42. The van der Waals surface area contributed by atoms with Crippen LogP contribution >= 0.6 is 0 Å². The van der Waals surface area contributed by atoms with Gasteiger partial charge in [0.05, 0.1) is 12.7 Å². The molecule has 1 aromatic rings. The van der Waals surface area contributed by atoms with E-state index in [1.165, 1.54) is 6.42 Å². The molecular formula is C10H18N2O. The van der Waals surface area contributed by atoms with Gasteiger partial charge in [-0.15, -0.1) is 0 Å². The van der Waals surface area contributed by atoms with E-state index in [0.717, 1.165) is 18.2 Å². The molecule has 1 unspecified atom stereocenters. The van der Waals surface area contributed by atoms with Crippen molar-refractivity contribution in [2.45, 2.75) is 39.8 Å². The van der Waals surface area contributed by atoms with Gasteiger partial charge in [-0.2, -0.15) is 0 Å². The predicted molar refractivity (Wildman–Crippen MR) is 52.3 cm³/mol. The van der Waals surface area contributed by atoms with Crippen LogP contribution in [0.15, 0.2) is 16.8 Å². The first-order valence-corrected chi connectivity index (χ1v) is 4.81. The molecular weight excluding hydrogens is 164 g/mol. The Labute approximate surface area is 79.5 Å². The standard InChI is InChI=1S/C10H18N2O/c1-8(2)6-9(3)11-7-10-4-5-12-13-10/h4-5,8-9,11H,6-7H2,1-3H3. The molecule has 1 aromatic heterocycles. The molecule has 0 amide bonds. The first-order valence-electron chi connectivity index (χ1n) is 4.81.